The molecular weight excluding hydrogens is 516 g/mol. The van der Waals surface area contributed by atoms with Crippen molar-refractivity contribution in [1.82, 2.24) is 19.1 Å². The van der Waals surface area contributed by atoms with Gasteiger partial charge in [0.1, 0.15) is 23.1 Å². The molecule has 200 valence electrons. The smallest absolute Gasteiger partial charge is 0.141 e. The molecule has 9 rings (SSSR count). The highest BCUT2D eigenvalue weighted by molar-refractivity contribution is 6.12. The van der Waals surface area contributed by atoms with Crippen molar-refractivity contribution in [3.63, 3.8) is 0 Å². The van der Waals surface area contributed by atoms with Crippen LogP contribution in [0.4, 0.5) is 0 Å². The second kappa shape index (κ2) is 8.30. The van der Waals surface area contributed by atoms with Crippen LogP contribution in [0.2, 0.25) is 0 Å². The minimum absolute atomic E-state index is 0.145. The first-order valence-electron chi connectivity index (χ1n) is 14.3. The molecule has 5 heterocycles. The van der Waals surface area contributed by atoms with Crippen molar-refractivity contribution in [3.05, 3.63) is 133 Å². The predicted octanol–water partition coefficient (Wildman–Crippen LogP) is 9.10. The molecule has 1 aliphatic heterocycles. The molecule has 0 bridgehead atoms. The lowest BCUT2D eigenvalue weighted by molar-refractivity contribution is 0.484. The number of benzene rings is 4. The van der Waals surface area contributed by atoms with Gasteiger partial charge in [-0.25, -0.2) is 9.97 Å². The van der Waals surface area contributed by atoms with Gasteiger partial charge in [-0.1, -0.05) is 62.4 Å². The van der Waals surface area contributed by atoms with Crippen LogP contribution in [0, 0.1) is 0 Å². The van der Waals surface area contributed by atoms with E-state index >= 15 is 0 Å². The van der Waals surface area contributed by atoms with Gasteiger partial charge in [-0.3, -0.25) is 9.13 Å². The molecule has 0 spiro atoms. The highest BCUT2D eigenvalue weighted by Gasteiger charge is 2.35. The summed E-state index contributed by atoms with van der Waals surface area (Å²) in [6.07, 6.45) is 3.72. The highest BCUT2D eigenvalue weighted by Crippen LogP contribution is 2.47. The fourth-order valence-electron chi connectivity index (χ4n) is 6.93. The standard InChI is InChI=1S/C37H26N4O/c1-37(2)29-11-7-10-28-27-18-16-24(22-33(27)41(35(28)29)36-30(37)12-8-20-39-36)42-23-15-17-26-25-9-3-4-13-31(25)40(32(26)21-23)34-14-5-6-19-38-34/h3-22H,1-2H3. The number of hydrogen-bond acceptors (Lipinski definition) is 3. The van der Waals surface area contributed by atoms with E-state index < -0.39 is 0 Å². The lowest BCUT2D eigenvalue weighted by Crippen LogP contribution is -2.26. The summed E-state index contributed by atoms with van der Waals surface area (Å²) in [4.78, 5) is 9.55. The Labute approximate surface area is 242 Å². The number of nitrogens with zero attached hydrogens (tertiary/aromatic N) is 4. The van der Waals surface area contributed by atoms with E-state index in [0.717, 1.165) is 39.7 Å². The molecule has 0 saturated carbocycles. The zero-order valence-corrected chi connectivity index (χ0v) is 23.2. The molecular formula is C37H26N4O. The number of para-hydroxylation sites is 2. The van der Waals surface area contributed by atoms with Crippen LogP contribution in [0.25, 0.3) is 55.2 Å². The third-order valence-corrected chi connectivity index (χ3v) is 8.86. The summed E-state index contributed by atoms with van der Waals surface area (Å²) in [6, 6.07) is 38.0. The van der Waals surface area contributed by atoms with Gasteiger partial charge in [0.05, 0.1) is 22.1 Å². The van der Waals surface area contributed by atoms with Crippen molar-refractivity contribution in [1.29, 1.82) is 0 Å². The van der Waals surface area contributed by atoms with Gasteiger partial charge in [0, 0.05) is 57.0 Å². The number of rotatable bonds is 3. The monoisotopic (exact) mass is 542 g/mol. The molecule has 8 aromatic rings. The maximum absolute atomic E-state index is 6.59. The molecule has 0 unspecified atom stereocenters. The van der Waals surface area contributed by atoms with E-state index in [1.807, 2.05) is 36.7 Å². The fourth-order valence-corrected chi connectivity index (χ4v) is 6.93. The average molecular weight is 543 g/mol. The fraction of sp³-hybridized carbons (Fsp3) is 0.0811. The Bertz CT molecular complexity index is 2360. The molecule has 0 N–H and O–H groups in total. The molecule has 0 radical (unpaired) electrons. The van der Waals surface area contributed by atoms with Crippen molar-refractivity contribution < 1.29 is 4.74 Å². The van der Waals surface area contributed by atoms with Crippen LogP contribution in [-0.4, -0.2) is 19.1 Å². The Morgan fingerprint density at radius 2 is 1.21 bits per heavy atom. The second-order valence-corrected chi connectivity index (χ2v) is 11.5. The van der Waals surface area contributed by atoms with Crippen LogP contribution in [0.5, 0.6) is 11.5 Å². The zero-order valence-electron chi connectivity index (χ0n) is 23.2. The molecule has 4 aromatic carbocycles. The van der Waals surface area contributed by atoms with Crippen LogP contribution in [0.1, 0.15) is 25.0 Å². The lowest BCUT2D eigenvalue weighted by atomic mass is 9.76. The first-order chi connectivity index (χ1) is 20.6. The number of ether oxygens (including phenoxy) is 1. The van der Waals surface area contributed by atoms with Gasteiger partial charge in [0.2, 0.25) is 0 Å². The third kappa shape index (κ3) is 3.08. The first kappa shape index (κ1) is 23.3. The summed E-state index contributed by atoms with van der Waals surface area (Å²) in [6.45, 7) is 4.58. The van der Waals surface area contributed by atoms with Crippen molar-refractivity contribution in [2.45, 2.75) is 19.3 Å². The molecule has 5 heteroatoms. The molecule has 1 aliphatic rings. The quantitative estimate of drug-likeness (QED) is 0.224. The predicted molar refractivity (Wildman–Crippen MR) is 169 cm³/mol. The van der Waals surface area contributed by atoms with E-state index in [2.05, 4.69) is 113 Å². The normalized spacial score (nSPS) is 13.7. The van der Waals surface area contributed by atoms with Gasteiger partial charge in [-0.15, -0.1) is 0 Å². The molecule has 0 amide bonds. The Kier molecular flexibility index (Phi) is 4.61. The van der Waals surface area contributed by atoms with Crippen molar-refractivity contribution >= 4 is 43.6 Å². The summed E-state index contributed by atoms with van der Waals surface area (Å²) < 4.78 is 11.1. The maximum Gasteiger partial charge on any atom is 0.141 e. The second-order valence-electron chi connectivity index (χ2n) is 11.5. The summed E-state index contributed by atoms with van der Waals surface area (Å²) in [5, 5.41) is 4.79. The van der Waals surface area contributed by atoms with Gasteiger partial charge in [0.25, 0.3) is 0 Å². The van der Waals surface area contributed by atoms with Crippen molar-refractivity contribution in [2.24, 2.45) is 0 Å². The van der Waals surface area contributed by atoms with E-state index in [-0.39, 0.29) is 5.41 Å². The van der Waals surface area contributed by atoms with Gasteiger partial charge in [0.15, 0.2) is 0 Å². The summed E-state index contributed by atoms with van der Waals surface area (Å²) in [7, 11) is 0. The molecule has 5 nitrogen and oxygen atoms in total. The summed E-state index contributed by atoms with van der Waals surface area (Å²) in [5.74, 6) is 3.42. The minimum Gasteiger partial charge on any atom is -0.457 e. The van der Waals surface area contributed by atoms with Crippen LogP contribution in [0.15, 0.2) is 122 Å². The van der Waals surface area contributed by atoms with Crippen molar-refractivity contribution in [2.75, 3.05) is 0 Å². The molecule has 4 aromatic heterocycles. The van der Waals surface area contributed by atoms with Crippen LogP contribution in [0.3, 0.4) is 0 Å². The molecule has 0 fully saturated rings. The van der Waals surface area contributed by atoms with Crippen LogP contribution < -0.4 is 4.74 Å². The Hall–Kier alpha value is -5.42. The maximum atomic E-state index is 6.59. The van der Waals surface area contributed by atoms with Gasteiger partial charge in [-0.2, -0.15) is 0 Å². The van der Waals surface area contributed by atoms with Crippen LogP contribution >= 0.6 is 0 Å². The summed E-state index contributed by atoms with van der Waals surface area (Å²) in [5.41, 5.74) is 6.88. The van der Waals surface area contributed by atoms with E-state index in [1.54, 1.807) is 0 Å². The van der Waals surface area contributed by atoms with Crippen LogP contribution in [-0.2, 0) is 5.41 Å². The average Bonchev–Trinajstić information content (AvgIpc) is 3.53. The number of aromatic nitrogens is 4. The zero-order chi connectivity index (χ0) is 28.0. The number of hydrogen-bond donors (Lipinski definition) is 0. The molecule has 0 saturated heterocycles. The van der Waals surface area contributed by atoms with E-state index in [9.17, 15) is 0 Å². The number of pyridine rings is 2. The summed E-state index contributed by atoms with van der Waals surface area (Å²) >= 11 is 0. The van der Waals surface area contributed by atoms with Gasteiger partial charge < -0.3 is 4.74 Å². The van der Waals surface area contributed by atoms with Crippen molar-refractivity contribution in [3.8, 4) is 23.1 Å². The molecule has 0 atom stereocenters. The Morgan fingerprint density at radius 1 is 0.548 bits per heavy atom. The number of fused-ring (bicyclic) bond motifs is 8. The largest absolute Gasteiger partial charge is 0.457 e. The van der Waals surface area contributed by atoms with E-state index in [0.29, 0.717) is 0 Å². The van der Waals surface area contributed by atoms with Gasteiger partial charge in [-0.05, 0) is 54.1 Å². The highest BCUT2D eigenvalue weighted by atomic mass is 16.5. The topological polar surface area (TPSA) is 44.9 Å². The SMILES string of the molecule is CC1(C)c2cccnc2-n2c3cc(Oc4ccc5c6ccccc6n(-c6ccccn6)c5c4)ccc3c3cccc1c32. The van der Waals surface area contributed by atoms with E-state index in [4.69, 9.17) is 9.72 Å². The minimum atomic E-state index is -0.145. The van der Waals surface area contributed by atoms with Gasteiger partial charge >= 0.3 is 0 Å². The molecule has 42 heavy (non-hydrogen) atoms. The van der Waals surface area contributed by atoms with E-state index in [1.165, 1.54) is 38.2 Å². The first-order valence-corrected chi connectivity index (χ1v) is 14.3. The lowest BCUT2D eigenvalue weighted by Gasteiger charge is -2.33. The Morgan fingerprint density at radius 3 is 2.02 bits per heavy atom. The third-order valence-electron chi connectivity index (χ3n) is 8.86. The molecule has 0 aliphatic carbocycles. The Balaban J connectivity index is 1.23.